The predicted octanol–water partition coefficient (Wildman–Crippen LogP) is 3.83. The summed E-state index contributed by atoms with van der Waals surface area (Å²) in [7, 11) is 0. The summed E-state index contributed by atoms with van der Waals surface area (Å²) in [6, 6.07) is 16.3. The van der Waals surface area contributed by atoms with Crippen LogP contribution in [-0.2, 0) is 6.42 Å². The van der Waals surface area contributed by atoms with Crippen molar-refractivity contribution in [3.63, 3.8) is 0 Å². The highest BCUT2D eigenvalue weighted by Gasteiger charge is 2.08. The highest BCUT2D eigenvalue weighted by atomic mass is 14.9. The van der Waals surface area contributed by atoms with Crippen LogP contribution in [0.1, 0.15) is 19.0 Å². The van der Waals surface area contributed by atoms with E-state index in [0.717, 1.165) is 29.5 Å². The number of nitrogens with zero attached hydrogens (tertiary/aromatic N) is 2. The molecule has 0 atom stereocenters. The lowest BCUT2D eigenvalue weighted by molar-refractivity contribution is 0.877. The summed E-state index contributed by atoms with van der Waals surface area (Å²) < 4.78 is 0. The molecule has 0 amide bonds. The Morgan fingerprint density at radius 2 is 1.80 bits per heavy atom. The molecule has 0 radical (unpaired) electrons. The fraction of sp³-hybridized carbons (Fsp3) is 0.176. The van der Waals surface area contributed by atoms with Gasteiger partial charge in [-0.25, -0.2) is 9.97 Å². The van der Waals surface area contributed by atoms with E-state index >= 15 is 0 Å². The number of hydrogen-bond acceptors (Lipinski definition) is 3. The molecule has 0 aliphatic heterocycles. The maximum Gasteiger partial charge on any atom is 0.162 e. The number of nitrogen functional groups attached to an aromatic ring is 1. The molecule has 0 aliphatic carbocycles. The van der Waals surface area contributed by atoms with Crippen LogP contribution in [0.25, 0.3) is 22.2 Å². The lowest BCUT2D eigenvalue weighted by Crippen LogP contribution is -2.00. The molecule has 3 rings (SSSR count). The quantitative estimate of drug-likeness (QED) is 0.781. The topological polar surface area (TPSA) is 51.8 Å². The monoisotopic (exact) mass is 263 g/mol. The van der Waals surface area contributed by atoms with Crippen LogP contribution in [0, 0.1) is 0 Å². The number of hydrogen-bond donors (Lipinski definition) is 1. The predicted molar refractivity (Wildman–Crippen MR) is 83.4 cm³/mol. The Labute approximate surface area is 118 Å². The van der Waals surface area contributed by atoms with E-state index in [2.05, 4.69) is 35.1 Å². The number of rotatable bonds is 3. The molecule has 0 spiro atoms. The zero-order valence-electron chi connectivity index (χ0n) is 11.5. The van der Waals surface area contributed by atoms with Gasteiger partial charge in [0, 0.05) is 17.3 Å². The fourth-order valence-electron chi connectivity index (χ4n) is 2.44. The molecule has 20 heavy (non-hydrogen) atoms. The van der Waals surface area contributed by atoms with Gasteiger partial charge in [-0.1, -0.05) is 55.8 Å². The molecule has 0 saturated carbocycles. The Morgan fingerprint density at radius 1 is 1.00 bits per heavy atom. The van der Waals surface area contributed by atoms with Crippen LogP contribution < -0.4 is 5.73 Å². The minimum absolute atomic E-state index is 0.534. The highest BCUT2D eigenvalue weighted by molar-refractivity contribution is 5.95. The van der Waals surface area contributed by atoms with Gasteiger partial charge < -0.3 is 5.73 Å². The second kappa shape index (κ2) is 5.29. The first-order valence-electron chi connectivity index (χ1n) is 6.89. The largest absolute Gasteiger partial charge is 0.384 e. The zero-order valence-corrected chi connectivity index (χ0v) is 11.5. The van der Waals surface area contributed by atoms with Crippen LogP contribution in [0.2, 0.25) is 0 Å². The number of benzene rings is 2. The maximum atomic E-state index is 5.92. The van der Waals surface area contributed by atoms with Gasteiger partial charge in [-0.2, -0.15) is 0 Å². The first-order valence-corrected chi connectivity index (χ1v) is 6.89. The van der Waals surface area contributed by atoms with Crippen molar-refractivity contribution in [1.29, 1.82) is 0 Å². The van der Waals surface area contributed by atoms with Crippen LogP contribution >= 0.6 is 0 Å². The van der Waals surface area contributed by atoms with Crippen LogP contribution in [-0.4, -0.2) is 9.97 Å². The molecule has 0 fully saturated rings. The van der Waals surface area contributed by atoms with Gasteiger partial charge in [0.1, 0.15) is 5.82 Å². The van der Waals surface area contributed by atoms with E-state index in [4.69, 9.17) is 5.73 Å². The van der Waals surface area contributed by atoms with Crippen LogP contribution in [0.4, 0.5) is 5.82 Å². The number of anilines is 1. The average molecular weight is 263 g/mol. The van der Waals surface area contributed by atoms with Crippen LogP contribution in [0.5, 0.6) is 0 Å². The Kier molecular flexibility index (Phi) is 3.33. The lowest BCUT2D eigenvalue weighted by Gasteiger charge is -2.08. The molecule has 0 bridgehead atoms. The fourth-order valence-corrected chi connectivity index (χ4v) is 2.44. The molecule has 1 heterocycles. The van der Waals surface area contributed by atoms with E-state index in [-0.39, 0.29) is 0 Å². The van der Waals surface area contributed by atoms with Crippen molar-refractivity contribution in [2.75, 3.05) is 5.73 Å². The number of fused-ring (bicyclic) bond motifs is 1. The van der Waals surface area contributed by atoms with Crippen LogP contribution in [0.15, 0.2) is 48.5 Å². The standard InChI is InChI=1S/C17H17N3/c1-2-6-13-11-16(18)20-17(19-13)15-10-5-8-12-7-3-4-9-14(12)15/h3-5,7-11H,2,6H2,1H3,(H2,18,19,20). The molecule has 100 valence electrons. The first-order chi connectivity index (χ1) is 9.78. The smallest absolute Gasteiger partial charge is 0.162 e. The summed E-state index contributed by atoms with van der Waals surface area (Å²) in [6.07, 6.45) is 1.97. The van der Waals surface area contributed by atoms with Crippen molar-refractivity contribution >= 4 is 16.6 Å². The molecule has 3 nitrogen and oxygen atoms in total. The second-order valence-corrected chi connectivity index (χ2v) is 4.88. The van der Waals surface area contributed by atoms with Gasteiger partial charge in [0.15, 0.2) is 5.82 Å². The van der Waals surface area contributed by atoms with E-state index in [9.17, 15) is 0 Å². The van der Waals surface area contributed by atoms with Crippen molar-refractivity contribution < 1.29 is 0 Å². The van der Waals surface area contributed by atoms with Crippen LogP contribution in [0.3, 0.4) is 0 Å². The Balaban J connectivity index is 2.20. The van der Waals surface area contributed by atoms with Crippen molar-refractivity contribution in [1.82, 2.24) is 9.97 Å². The highest BCUT2D eigenvalue weighted by Crippen LogP contribution is 2.26. The second-order valence-electron chi connectivity index (χ2n) is 4.88. The Hall–Kier alpha value is -2.42. The SMILES string of the molecule is CCCc1cc(N)nc(-c2cccc3ccccc23)n1. The summed E-state index contributed by atoms with van der Waals surface area (Å²) in [6.45, 7) is 2.13. The van der Waals surface area contributed by atoms with E-state index in [0.29, 0.717) is 11.6 Å². The lowest BCUT2D eigenvalue weighted by atomic mass is 10.0. The first kappa shape index (κ1) is 12.6. The van der Waals surface area contributed by atoms with Gasteiger partial charge in [0.25, 0.3) is 0 Å². The van der Waals surface area contributed by atoms with Crippen molar-refractivity contribution in [2.24, 2.45) is 0 Å². The molecule has 0 aliphatic rings. The molecule has 3 heteroatoms. The molecule has 1 aromatic heterocycles. The molecule has 2 N–H and O–H groups in total. The third-order valence-corrected chi connectivity index (χ3v) is 3.34. The number of nitrogens with two attached hydrogens (primary N) is 1. The Bertz CT molecular complexity index is 745. The molecular weight excluding hydrogens is 246 g/mol. The van der Waals surface area contributed by atoms with Gasteiger partial charge in [-0.05, 0) is 17.2 Å². The summed E-state index contributed by atoms with van der Waals surface area (Å²) >= 11 is 0. The van der Waals surface area contributed by atoms with E-state index in [1.807, 2.05) is 30.3 Å². The third kappa shape index (κ3) is 2.35. The molecule has 0 unspecified atom stereocenters. The molecule has 0 saturated heterocycles. The minimum Gasteiger partial charge on any atom is -0.384 e. The Morgan fingerprint density at radius 3 is 2.65 bits per heavy atom. The normalized spacial score (nSPS) is 10.8. The zero-order chi connectivity index (χ0) is 13.9. The van der Waals surface area contributed by atoms with E-state index < -0.39 is 0 Å². The molecule has 2 aromatic carbocycles. The maximum absolute atomic E-state index is 5.92. The minimum atomic E-state index is 0.534. The number of aryl methyl sites for hydroxylation is 1. The number of aromatic nitrogens is 2. The molecular formula is C17H17N3. The van der Waals surface area contributed by atoms with Gasteiger partial charge >= 0.3 is 0 Å². The summed E-state index contributed by atoms with van der Waals surface area (Å²) in [5.74, 6) is 1.25. The van der Waals surface area contributed by atoms with E-state index in [1.165, 1.54) is 5.39 Å². The van der Waals surface area contributed by atoms with Crippen molar-refractivity contribution in [3.8, 4) is 11.4 Å². The average Bonchev–Trinajstić information content (AvgIpc) is 2.46. The molecule has 3 aromatic rings. The van der Waals surface area contributed by atoms with Gasteiger partial charge in [0.05, 0.1) is 0 Å². The van der Waals surface area contributed by atoms with Gasteiger partial charge in [0.2, 0.25) is 0 Å². The summed E-state index contributed by atoms with van der Waals surface area (Å²) in [4.78, 5) is 9.06. The summed E-state index contributed by atoms with van der Waals surface area (Å²) in [5, 5.41) is 2.34. The summed E-state index contributed by atoms with van der Waals surface area (Å²) in [5.41, 5.74) is 7.96. The van der Waals surface area contributed by atoms with E-state index in [1.54, 1.807) is 0 Å². The third-order valence-electron chi connectivity index (χ3n) is 3.34. The van der Waals surface area contributed by atoms with Crippen molar-refractivity contribution in [3.05, 3.63) is 54.2 Å². The van der Waals surface area contributed by atoms with Crippen molar-refractivity contribution in [2.45, 2.75) is 19.8 Å². The van der Waals surface area contributed by atoms with Gasteiger partial charge in [-0.15, -0.1) is 0 Å². The van der Waals surface area contributed by atoms with Gasteiger partial charge in [-0.3, -0.25) is 0 Å².